The van der Waals surface area contributed by atoms with Gasteiger partial charge in [-0.15, -0.1) is 0 Å². The molecular weight excluding hydrogens is 536 g/mol. The second-order valence-electron chi connectivity index (χ2n) is 10.6. The molecule has 0 atom stereocenters. The Morgan fingerprint density at radius 3 is 2.02 bits per heavy atom. The van der Waals surface area contributed by atoms with Gasteiger partial charge in [-0.1, -0.05) is 109 Å². The maximum absolute atomic E-state index is 7.97. The second kappa shape index (κ2) is 12.1. The van der Waals surface area contributed by atoms with Gasteiger partial charge in [0.2, 0.25) is 0 Å². The molecule has 7 aromatic rings. The van der Waals surface area contributed by atoms with E-state index in [1.165, 1.54) is 22.5 Å². The van der Waals surface area contributed by atoms with E-state index < -0.39 is 0 Å². The van der Waals surface area contributed by atoms with E-state index in [1.807, 2.05) is 48.5 Å². The Labute approximate surface area is 256 Å². The number of aliphatic imine (C=N–C) groups is 1. The van der Waals surface area contributed by atoms with Gasteiger partial charge in [0.1, 0.15) is 0 Å². The maximum Gasteiger partial charge on any atom is 0.0562 e. The Morgan fingerprint density at radius 1 is 0.636 bits per heavy atom. The number of nitrogens with zero attached hydrogens (tertiary/aromatic N) is 2. The van der Waals surface area contributed by atoms with Crippen LogP contribution in [0.15, 0.2) is 163 Å². The van der Waals surface area contributed by atoms with Gasteiger partial charge < -0.3 is 15.3 Å². The zero-order valence-corrected chi connectivity index (χ0v) is 24.1. The molecule has 1 aromatic heterocycles. The smallest absolute Gasteiger partial charge is 0.0562 e. The summed E-state index contributed by atoms with van der Waals surface area (Å²) in [6.45, 7) is 0. The fraction of sp³-hybridized carbons (Fsp3) is 0. The van der Waals surface area contributed by atoms with Crippen molar-refractivity contribution in [2.75, 3.05) is 5.32 Å². The van der Waals surface area contributed by atoms with Crippen molar-refractivity contribution in [1.29, 1.82) is 5.41 Å². The highest BCUT2D eigenvalue weighted by Gasteiger charge is 2.16. The van der Waals surface area contributed by atoms with E-state index in [0.29, 0.717) is 0 Å². The van der Waals surface area contributed by atoms with E-state index in [4.69, 9.17) is 5.41 Å². The highest BCUT2D eigenvalue weighted by Crippen LogP contribution is 2.40. The van der Waals surface area contributed by atoms with Crippen LogP contribution in [0.1, 0.15) is 11.1 Å². The first kappa shape index (κ1) is 26.9. The zero-order valence-electron chi connectivity index (χ0n) is 24.1. The van der Waals surface area contributed by atoms with Gasteiger partial charge in [-0.25, -0.2) is 0 Å². The molecule has 0 bridgehead atoms. The minimum atomic E-state index is 0.738. The molecule has 7 rings (SSSR count). The fourth-order valence-corrected chi connectivity index (χ4v) is 5.67. The molecule has 0 aliphatic rings. The number of benzene rings is 6. The van der Waals surface area contributed by atoms with Gasteiger partial charge in [-0.2, -0.15) is 0 Å². The third-order valence-corrected chi connectivity index (χ3v) is 7.80. The number of fused-ring (bicyclic) bond motifs is 3. The summed E-state index contributed by atoms with van der Waals surface area (Å²) in [7, 11) is 0. The summed E-state index contributed by atoms with van der Waals surface area (Å²) >= 11 is 0. The molecule has 0 saturated heterocycles. The third kappa shape index (κ3) is 5.33. The van der Waals surface area contributed by atoms with Gasteiger partial charge in [-0.3, -0.25) is 4.99 Å². The van der Waals surface area contributed by atoms with Crippen molar-refractivity contribution in [2.24, 2.45) is 4.99 Å². The third-order valence-electron chi connectivity index (χ3n) is 7.80. The summed E-state index contributed by atoms with van der Waals surface area (Å²) in [6.07, 6.45) is 4.87. The Kier molecular flexibility index (Phi) is 7.38. The van der Waals surface area contributed by atoms with Crippen LogP contribution in [0.2, 0.25) is 0 Å². The van der Waals surface area contributed by atoms with Crippen molar-refractivity contribution in [3.8, 4) is 16.8 Å². The molecule has 0 spiro atoms. The van der Waals surface area contributed by atoms with Gasteiger partial charge in [0, 0.05) is 57.6 Å². The van der Waals surface area contributed by atoms with E-state index in [1.54, 1.807) is 12.4 Å². The van der Waals surface area contributed by atoms with Crippen molar-refractivity contribution in [3.63, 3.8) is 0 Å². The lowest BCUT2D eigenvalue weighted by Gasteiger charge is -2.15. The van der Waals surface area contributed by atoms with Crippen LogP contribution in [0, 0.1) is 5.41 Å². The Hall–Kier alpha value is -6.00. The van der Waals surface area contributed by atoms with Crippen LogP contribution in [-0.2, 0) is 0 Å². The van der Waals surface area contributed by atoms with Crippen molar-refractivity contribution in [1.82, 2.24) is 4.57 Å². The Balaban J connectivity index is 1.30. The molecule has 0 saturated carbocycles. The summed E-state index contributed by atoms with van der Waals surface area (Å²) < 4.78 is 2.34. The molecule has 0 aliphatic carbocycles. The van der Waals surface area contributed by atoms with Gasteiger partial charge in [0.25, 0.3) is 0 Å². The first-order valence-corrected chi connectivity index (χ1v) is 14.6. The lowest BCUT2D eigenvalue weighted by Crippen LogP contribution is -1.97. The number of anilines is 2. The summed E-state index contributed by atoms with van der Waals surface area (Å²) in [6, 6.07) is 52.3. The molecule has 4 nitrogen and oxygen atoms in total. The predicted octanol–water partition coefficient (Wildman–Crippen LogP) is 10.3. The average molecular weight is 567 g/mol. The van der Waals surface area contributed by atoms with Crippen LogP contribution in [0.3, 0.4) is 0 Å². The largest absolute Gasteiger partial charge is 0.355 e. The number of para-hydroxylation sites is 2. The summed E-state index contributed by atoms with van der Waals surface area (Å²) in [5.74, 6) is 0. The van der Waals surface area contributed by atoms with Crippen LogP contribution < -0.4 is 5.32 Å². The monoisotopic (exact) mass is 566 g/mol. The summed E-state index contributed by atoms with van der Waals surface area (Å²) in [4.78, 5) is 4.45. The molecule has 0 unspecified atom stereocenters. The highest BCUT2D eigenvalue weighted by molar-refractivity contribution is 6.12. The minimum Gasteiger partial charge on any atom is -0.355 e. The molecule has 1 heterocycles. The molecule has 0 fully saturated rings. The minimum absolute atomic E-state index is 0.738. The van der Waals surface area contributed by atoms with E-state index in [2.05, 4.69) is 118 Å². The highest BCUT2D eigenvalue weighted by atomic mass is 15.0. The topological polar surface area (TPSA) is 53.2 Å². The van der Waals surface area contributed by atoms with E-state index >= 15 is 0 Å². The Morgan fingerprint density at radius 2 is 1.30 bits per heavy atom. The molecule has 0 aliphatic heterocycles. The van der Waals surface area contributed by atoms with Crippen molar-refractivity contribution in [2.45, 2.75) is 0 Å². The number of aromatic nitrogens is 1. The molecule has 0 amide bonds. The number of hydrogen-bond acceptors (Lipinski definition) is 3. The molecule has 2 N–H and O–H groups in total. The molecular formula is C40H30N4. The van der Waals surface area contributed by atoms with Crippen molar-refractivity contribution in [3.05, 3.63) is 169 Å². The van der Waals surface area contributed by atoms with Crippen molar-refractivity contribution >= 4 is 51.2 Å². The first-order chi connectivity index (χ1) is 21.8. The molecule has 44 heavy (non-hydrogen) atoms. The first-order valence-electron chi connectivity index (χ1n) is 14.6. The van der Waals surface area contributed by atoms with E-state index in [-0.39, 0.29) is 0 Å². The van der Waals surface area contributed by atoms with Crippen LogP contribution >= 0.6 is 0 Å². The lowest BCUT2D eigenvalue weighted by molar-refractivity contribution is 1.18. The SMILES string of the molecule is N=C/C(=C\N=C\c1ccccc1)c1ccc(Nc2cc3c(cc2-c2ccccc2)c2ccccc2n3-c2ccccc2)cc1. The van der Waals surface area contributed by atoms with Crippen LogP contribution in [-0.4, -0.2) is 17.0 Å². The Bertz CT molecular complexity index is 2120. The zero-order chi connectivity index (χ0) is 29.7. The quantitative estimate of drug-likeness (QED) is 0.177. The summed E-state index contributed by atoms with van der Waals surface area (Å²) in [5, 5.41) is 14.1. The standard InChI is InChI=1S/C40H30N4/c41-26-32(28-42-27-29-12-4-1-5-13-29)30-20-22-33(23-21-30)43-38-25-40-37(24-36(38)31-14-6-2-7-15-31)35-18-10-11-19-39(35)44(40)34-16-8-3-9-17-34/h1-28,41,43H/b32-28+,41-26?,42-27+. The number of rotatable bonds is 8. The molecule has 4 heteroatoms. The van der Waals surface area contributed by atoms with Crippen molar-refractivity contribution < 1.29 is 0 Å². The molecule has 0 radical (unpaired) electrons. The number of allylic oxidation sites excluding steroid dienone is 1. The molecule has 210 valence electrons. The van der Waals surface area contributed by atoms with E-state index in [9.17, 15) is 0 Å². The summed E-state index contributed by atoms with van der Waals surface area (Å²) in [5.41, 5.74) is 10.4. The van der Waals surface area contributed by atoms with E-state index in [0.717, 1.165) is 50.4 Å². The average Bonchev–Trinajstić information content (AvgIpc) is 3.41. The maximum atomic E-state index is 7.97. The van der Waals surface area contributed by atoms with Crippen LogP contribution in [0.25, 0.3) is 44.2 Å². The number of nitrogens with one attached hydrogen (secondary N) is 2. The normalized spacial score (nSPS) is 11.8. The van der Waals surface area contributed by atoms with Crippen LogP contribution in [0.5, 0.6) is 0 Å². The van der Waals surface area contributed by atoms with Gasteiger partial charge >= 0.3 is 0 Å². The van der Waals surface area contributed by atoms with Gasteiger partial charge in [0.05, 0.1) is 11.0 Å². The van der Waals surface area contributed by atoms with Gasteiger partial charge in [0.15, 0.2) is 0 Å². The molecule has 6 aromatic carbocycles. The number of hydrogen-bond donors (Lipinski definition) is 2. The second-order valence-corrected chi connectivity index (χ2v) is 10.6. The predicted molar refractivity (Wildman–Crippen MR) is 187 cm³/mol. The van der Waals surface area contributed by atoms with Gasteiger partial charge in [-0.05, 0) is 59.2 Å². The van der Waals surface area contributed by atoms with Crippen LogP contribution in [0.4, 0.5) is 11.4 Å². The fourth-order valence-electron chi connectivity index (χ4n) is 5.67. The lowest BCUT2D eigenvalue weighted by atomic mass is 10.00.